The Balaban J connectivity index is 1.98. The number of rotatable bonds is 1. The summed E-state index contributed by atoms with van der Waals surface area (Å²) >= 11 is 6.32. The van der Waals surface area contributed by atoms with E-state index in [0.29, 0.717) is 12.0 Å². The monoisotopic (exact) mass is 252 g/mol. The van der Waals surface area contributed by atoms with E-state index in [0.717, 1.165) is 11.6 Å². The summed E-state index contributed by atoms with van der Waals surface area (Å²) in [6, 6.07) is 0.593. The Morgan fingerprint density at radius 2 is 1.88 bits per heavy atom. The third-order valence-corrected chi connectivity index (χ3v) is 4.74. The van der Waals surface area contributed by atoms with E-state index in [1.165, 1.54) is 56.5 Å². The van der Waals surface area contributed by atoms with Gasteiger partial charge in [-0.05, 0) is 39.0 Å². The first-order valence-electron chi connectivity index (χ1n) is 7.04. The molecule has 94 valence electrons. The quantitative estimate of drug-likeness (QED) is 0.721. The number of fused-ring (bicyclic) bond motifs is 1. The Morgan fingerprint density at radius 1 is 1.12 bits per heavy atom. The van der Waals surface area contributed by atoms with Crippen molar-refractivity contribution in [1.82, 2.24) is 9.55 Å². The minimum atomic E-state index is 0.593. The van der Waals surface area contributed by atoms with Crippen LogP contribution in [-0.2, 0) is 6.42 Å². The second-order valence-corrected chi connectivity index (χ2v) is 6.01. The molecule has 0 spiro atoms. The number of halogens is 1. The lowest BCUT2D eigenvalue weighted by molar-refractivity contribution is 0.370. The summed E-state index contributed by atoms with van der Waals surface area (Å²) < 4.78 is 2.46. The Hall–Kier alpha value is -0.500. The van der Waals surface area contributed by atoms with Crippen LogP contribution >= 0.6 is 11.6 Å². The second-order valence-electron chi connectivity index (χ2n) is 5.65. The van der Waals surface area contributed by atoms with Crippen molar-refractivity contribution in [2.75, 3.05) is 0 Å². The van der Waals surface area contributed by atoms with Crippen LogP contribution in [0.2, 0.25) is 5.15 Å². The van der Waals surface area contributed by atoms with Crippen molar-refractivity contribution in [3.8, 4) is 0 Å². The molecule has 2 heterocycles. The van der Waals surface area contributed by atoms with Crippen molar-refractivity contribution in [3.05, 3.63) is 16.7 Å². The molecule has 1 atom stereocenters. The molecule has 1 aliphatic heterocycles. The average Bonchev–Trinajstić information content (AvgIpc) is 2.70. The van der Waals surface area contributed by atoms with Gasteiger partial charge < -0.3 is 4.57 Å². The number of nitrogens with zero attached hydrogens (tertiary/aromatic N) is 2. The van der Waals surface area contributed by atoms with Gasteiger partial charge in [0.2, 0.25) is 0 Å². The fourth-order valence-electron chi connectivity index (χ4n) is 3.51. The molecule has 3 heteroatoms. The summed E-state index contributed by atoms with van der Waals surface area (Å²) in [4.78, 5) is 4.69. The summed E-state index contributed by atoms with van der Waals surface area (Å²) in [7, 11) is 0. The molecular formula is C14H21ClN2. The van der Waals surface area contributed by atoms with Gasteiger partial charge in [-0.15, -0.1) is 0 Å². The number of hydrogen-bond donors (Lipinski definition) is 0. The van der Waals surface area contributed by atoms with E-state index >= 15 is 0 Å². The fourth-order valence-corrected chi connectivity index (χ4v) is 3.79. The number of hydrogen-bond acceptors (Lipinski definition) is 1. The van der Waals surface area contributed by atoms with Crippen molar-refractivity contribution in [2.45, 2.75) is 70.3 Å². The van der Waals surface area contributed by atoms with Crippen molar-refractivity contribution in [3.63, 3.8) is 0 Å². The van der Waals surface area contributed by atoms with Gasteiger partial charge in [0.05, 0.1) is 5.69 Å². The Morgan fingerprint density at radius 3 is 2.65 bits per heavy atom. The van der Waals surface area contributed by atoms with Gasteiger partial charge >= 0.3 is 0 Å². The van der Waals surface area contributed by atoms with Crippen LogP contribution in [0.15, 0.2) is 0 Å². The first-order valence-corrected chi connectivity index (χ1v) is 7.41. The Labute approximate surface area is 108 Å². The maximum absolute atomic E-state index is 6.32. The van der Waals surface area contributed by atoms with Crippen LogP contribution in [-0.4, -0.2) is 9.55 Å². The molecule has 0 saturated heterocycles. The number of imidazole rings is 1. The third kappa shape index (κ3) is 2.01. The predicted molar refractivity (Wildman–Crippen MR) is 70.7 cm³/mol. The normalized spacial score (nSPS) is 25.9. The van der Waals surface area contributed by atoms with E-state index in [1.54, 1.807) is 0 Å². The van der Waals surface area contributed by atoms with Gasteiger partial charge in [0, 0.05) is 12.0 Å². The topological polar surface area (TPSA) is 17.8 Å². The van der Waals surface area contributed by atoms with Gasteiger partial charge in [-0.2, -0.15) is 0 Å². The second kappa shape index (κ2) is 4.64. The van der Waals surface area contributed by atoms with Gasteiger partial charge in [0.1, 0.15) is 5.82 Å². The van der Waals surface area contributed by atoms with Crippen LogP contribution in [0.25, 0.3) is 0 Å². The highest BCUT2D eigenvalue weighted by molar-refractivity contribution is 6.30. The maximum atomic E-state index is 6.32. The van der Waals surface area contributed by atoms with Crippen molar-refractivity contribution >= 4 is 11.6 Å². The molecule has 1 aliphatic carbocycles. The lowest BCUT2D eigenvalue weighted by atomic mass is 9.88. The van der Waals surface area contributed by atoms with Gasteiger partial charge in [0.15, 0.2) is 5.15 Å². The summed E-state index contributed by atoms with van der Waals surface area (Å²) in [6.45, 7) is 2.31. The average molecular weight is 253 g/mol. The molecule has 0 N–H and O–H groups in total. The molecule has 0 radical (unpaired) electrons. The first kappa shape index (κ1) is 11.6. The zero-order valence-electron chi connectivity index (χ0n) is 10.6. The SMILES string of the molecule is CC1CCCc2c(Cl)nc(C3CCCCC3)n21. The molecule has 3 rings (SSSR count). The molecule has 0 aromatic carbocycles. The van der Waals surface area contributed by atoms with Crippen LogP contribution in [0.3, 0.4) is 0 Å². The maximum Gasteiger partial charge on any atom is 0.150 e. The molecule has 1 unspecified atom stereocenters. The van der Waals surface area contributed by atoms with Gasteiger partial charge in [-0.3, -0.25) is 0 Å². The number of aromatic nitrogens is 2. The Kier molecular flexibility index (Phi) is 3.16. The largest absolute Gasteiger partial charge is 0.328 e. The van der Waals surface area contributed by atoms with E-state index in [1.807, 2.05) is 0 Å². The molecule has 17 heavy (non-hydrogen) atoms. The van der Waals surface area contributed by atoms with Crippen molar-refractivity contribution in [1.29, 1.82) is 0 Å². The first-order chi connectivity index (χ1) is 8.27. The van der Waals surface area contributed by atoms with E-state index in [2.05, 4.69) is 11.5 Å². The van der Waals surface area contributed by atoms with Crippen LogP contribution in [0, 0.1) is 0 Å². The van der Waals surface area contributed by atoms with E-state index < -0.39 is 0 Å². The van der Waals surface area contributed by atoms with Crippen LogP contribution in [0.4, 0.5) is 0 Å². The lowest BCUT2D eigenvalue weighted by Gasteiger charge is -2.28. The molecule has 2 nitrogen and oxygen atoms in total. The third-order valence-electron chi connectivity index (χ3n) is 4.44. The molecule has 0 amide bonds. The highest BCUT2D eigenvalue weighted by Gasteiger charge is 2.28. The summed E-state index contributed by atoms with van der Waals surface area (Å²) in [5.74, 6) is 1.95. The zero-order valence-corrected chi connectivity index (χ0v) is 11.3. The minimum Gasteiger partial charge on any atom is -0.328 e. The van der Waals surface area contributed by atoms with Crippen LogP contribution < -0.4 is 0 Å². The Bertz CT molecular complexity index is 405. The highest BCUT2D eigenvalue weighted by Crippen LogP contribution is 2.38. The predicted octanol–water partition coefficient (Wildman–Crippen LogP) is 4.48. The molecular weight excluding hydrogens is 232 g/mol. The van der Waals surface area contributed by atoms with Crippen LogP contribution in [0.1, 0.15) is 75.3 Å². The van der Waals surface area contributed by atoms with Gasteiger partial charge in [-0.1, -0.05) is 30.9 Å². The van der Waals surface area contributed by atoms with Gasteiger partial charge in [0.25, 0.3) is 0 Å². The van der Waals surface area contributed by atoms with E-state index in [4.69, 9.17) is 16.6 Å². The van der Waals surface area contributed by atoms with E-state index in [-0.39, 0.29) is 0 Å². The van der Waals surface area contributed by atoms with Crippen molar-refractivity contribution < 1.29 is 0 Å². The molecule has 1 aromatic heterocycles. The summed E-state index contributed by atoms with van der Waals surface area (Å²) in [5, 5.41) is 0.775. The molecule has 0 bridgehead atoms. The molecule has 1 saturated carbocycles. The van der Waals surface area contributed by atoms with Crippen molar-refractivity contribution in [2.24, 2.45) is 0 Å². The molecule has 2 aliphatic rings. The molecule has 1 aromatic rings. The zero-order chi connectivity index (χ0) is 11.8. The lowest BCUT2D eigenvalue weighted by Crippen LogP contribution is -2.20. The molecule has 1 fully saturated rings. The standard InChI is InChI=1S/C14H21ClN2/c1-10-6-5-9-12-13(15)16-14(17(10)12)11-7-3-2-4-8-11/h10-11H,2-9H2,1H3. The fraction of sp³-hybridized carbons (Fsp3) is 0.786. The smallest absolute Gasteiger partial charge is 0.150 e. The van der Waals surface area contributed by atoms with Crippen LogP contribution in [0.5, 0.6) is 0 Å². The highest BCUT2D eigenvalue weighted by atomic mass is 35.5. The summed E-state index contributed by atoms with van der Waals surface area (Å²) in [6.07, 6.45) is 10.4. The summed E-state index contributed by atoms with van der Waals surface area (Å²) in [5.41, 5.74) is 1.30. The van der Waals surface area contributed by atoms with Gasteiger partial charge in [-0.25, -0.2) is 4.98 Å². The minimum absolute atomic E-state index is 0.593. The van der Waals surface area contributed by atoms with E-state index in [9.17, 15) is 0 Å².